The number of piperidine rings is 1. The Bertz CT molecular complexity index is 904. The number of nitrogens with zero attached hydrogens (tertiary/aromatic N) is 2. The van der Waals surface area contributed by atoms with E-state index in [1.165, 1.54) is 18.1 Å². The van der Waals surface area contributed by atoms with Gasteiger partial charge in [0.2, 0.25) is 5.72 Å². The summed E-state index contributed by atoms with van der Waals surface area (Å²) in [6, 6.07) is 8.45. The van der Waals surface area contributed by atoms with E-state index in [9.17, 15) is 9.90 Å². The van der Waals surface area contributed by atoms with Crippen LogP contribution in [0, 0.1) is 5.41 Å². The summed E-state index contributed by atoms with van der Waals surface area (Å²) in [5.41, 5.74) is 1.69. The van der Waals surface area contributed by atoms with Crippen LogP contribution in [-0.4, -0.2) is 40.7 Å². The predicted molar refractivity (Wildman–Crippen MR) is 98.7 cm³/mol. The first-order valence-electron chi connectivity index (χ1n) is 9.73. The third-order valence-corrected chi connectivity index (χ3v) is 7.18. The minimum atomic E-state index is -1.63. The summed E-state index contributed by atoms with van der Waals surface area (Å²) < 4.78 is 7.01. The lowest BCUT2D eigenvalue weighted by Crippen LogP contribution is -2.60. The van der Waals surface area contributed by atoms with Gasteiger partial charge in [-0.3, -0.25) is 4.90 Å². The molecule has 26 heavy (non-hydrogen) atoms. The largest absolute Gasteiger partial charge is 0.465 e. The van der Waals surface area contributed by atoms with Gasteiger partial charge in [-0.1, -0.05) is 25.1 Å². The van der Waals surface area contributed by atoms with Gasteiger partial charge in [0.05, 0.1) is 18.7 Å². The van der Waals surface area contributed by atoms with Crippen LogP contribution in [0.25, 0.3) is 10.9 Å². The molecule has 3 aliphatic heterocycles. The monoisotopic (exact) mass is 354 g/mol. The van der Waals surface area contributed by atoms with Gasteiger partial charge in [0.15, 0.2) is 0 Å². The molecule has 1 fully saturated rings. The molecular formula is C21H26N2O3. The van der Waals surface area contributed by atoms with Crippen molar-refractivity contribution in [1.82, 2.24) is 9.47 Å². The van der Waals surface area contributed by atoms with Crippen molar-refractivity contribution in [2.45, 2.75) is 50.8 Å². The van der Waals surface area contributed by atoms with Gasteiger partial charge in [0, 0.05) is 24.0 Å². The minimum Gasteiger partial charge on any atom is -0.465 e. The maximum absolute atomic E-state index is 12.8. The van der Waals surface area contributed by atoms with Gasteiger partial charge in [-0.15, -0.1) is 0 Å². The minimum absolute atomic E-state index is 0.0826. The maximum atomic E-state index is 12.8. The maximum Gasteiger partial charge on any atom is 0.359 e. The van der Waals surface area contributed by atoms with E-state index >= 15 is 0 Å². The van der Waals surface area contributed by atoms with Crippen molar-refractivity contribution in [2.24, 2.45) is 5.41 Å². The second-order valence-corrected chi connectivity index (χ2v) is 8.21. The van der Waals surface area contributed by atoms with Crippen molar-refractivity contribution in [3.05, 3.63) is 35.5 Å². The molecule has 0 spiro atoms. The van der Waals surface area contributed by atoms with Crippen LogP contribution in [0.15, 0.2) is 24.3 Å². The summed E-state index contributed by atoms with van der Waals surface area (Å²) in [5.74, 6) is -0.546. The molecule has 0 aliphatic carbocycles. The van der Waals surface area contributed by atoms with Crippen LogP contribution in [0.4, 0.5) is 0 Å². The van der Waals surface area contributed by atoms with Crippen molar-refractivity contribution in [1.29, 1.82) is 0 Å². The number of fused-ring (bicyclic) bond motifs is 3. The van der Waals surface area contributed by atoms with Crippen molar-refractivity contribution in [3.8, 4) is 0 Å². The van der Waals surface area contributed by atoms with Crippen LogP contribution >= 0.6 is 0 Å². The first-order chi connectivity index (χ1) is 12.6. The number of aromatic nitrogens is 1. The second kappa shape index (κ2) is 5.33. The first kappa shape index (κ1) is 16.3. The zero-order valence-electron chi connectivity index (χ0n) is 15.5. The van der Waals surface area contributed by atoms with E-state index in [1.54, 1.807) is 0 Å². The SMILES string of the molecule is CC[C@@]12CCCN3CCc4c(n(c5ccccc45)[C@@](O)(C(=O)OC)C1)[C@H]32. The molecule has 0 unspecified atom stereocenters. The smallest absolute Gasteiger partial charge is 0.359 e. The van der Waals surface area contributed by atoms with Gasteiger partial charge in [-0.2, -0.15) is 0 Å². The lowest BCUT2D eigenvalue weighted by atomic mass is 9.62. The number of methoxy groups -OCH3 is 1. The predicted octanol–water partition coefficient (Wildman–Crippen LogP) is 2.95. The molecule has 1 N–H and O–H groups in total. The van der Waals surface area contributed by atoms with Gasteiger partial charge < -0.3 is 14.4 Å². The van der Waals surface area contributed by atoms with E-state index in [-0.39, 0.29) is 11.5 Å². The molecule has 1 aromatic carbocycles. The Labute approximate surface area is 153 Å². The fraction of sp³-hybridized carbons (Fsp3) is 0.571. The number of carbonyl (C=O) groups excluding carboxylic acids is 1. The van der Waals surface area contributed by atoms with Gasteiger partial charge in [-0.05, 0) is 49.3 Å². The quantitative estimate of drug-likeness (QED) is 0.843. The Hall–Kier alpha value is -1.85. The number of carbonyl (C=O) groups is 1. The highest BCUT2D eigenvalue weighted by Gasteiger charge is 2.60. The van der Waals surface area contributed by atoms with E-state index in [2.05, 4.69) is 17.9 Å². The molecule has 4 heterocycles. The fourth-order valence-electron chi connectivity index (χ4n) is 6.10. The average molecular weight is 354 g/mol. The van der Waals surface area contributed by atoms with Crippen LogP contribution in [0.1, 0.15) is 49.9 Å². The summed E-state index contributed by atoms with van der Waals surface area (Å²) >= 11 is 0. The number of ether oxygens (including phenoxy) is 1. The second-order valence-electron chi connectivity index (χ2n) is 8.21. The third kappa shape index (κ3) is 1.80. The third-order valence-electron chi connectivity index (χ3n) is 7.18. The van der Waals surface area contributed by atoms with Crippen molar-refractivity contribution in [2.75, 3.05) is 20.2 Å². The number of rotatable bonds is 2. The zero-order chi connectivity index (χ0) is 18.1. The van der Waals surface area contributed by atoms with E-state index < -0.39 is 11.7 Å². The van der Waals surface area contributed by atoms with E-state index in [0.29, 0.717) is 6.42 Å². The van der Waals surface area contributed by atoms with Crippen molar-refractivity contribution in [3.63, 3.8) is 0 Å². The summed E-state index contributed by atoms with van der Waals surface area (Å²) in [5, 5.41) is 12.9. The number of hydrogen-bond donors (Lipinski definition) is 1. The molecule has 2 aromatic rings. The average Bonchev–Trinajstić information content (AvgIpc) is 3.02. The lowest BCUT2D eigenvalue weighted by Gasteiger charge is -2.57. The molecule has 5 rings (SSSR count). The topological polar surface area (TPSA) is 54.7 Å². The number of benzene rings is 1. The number of hydrogen-bond acceptors (Lipinski definition) is 4. The van der Waals surface area contributed by atoms with E-state index in [1.807, 2.05) is 22.8 Å². The Morgan fingerprint density at radius 1 is 1.35 bits per heavy atom. The molecule has 3 aliphatic rings. The van der Waals surface area contributed by atoms with Gasteiger partial charge >= 0.3 is 5.97 Å². The molecular weight excluding hydrogens is 328 g/mol. The highest BCUT2D eigenvalue weighted by molar-refractivity contribution is 5.90. The number of para-hydroxylation sites is 1. The standard InChI is InChI=1S/C21H26N2O3/c1-3-20-10-6-11-22-12-9-15-14-7-4-5-8-16(14)23(17(15)18(20)22)21(25,13-20)19(24)26-2/h4-5,7-8,18,25H,3,6,9-13H2,1-2H3/t18-,20+,21-/m0/s1. The highest BCUT2D eigenvalue weighted by Crippen LogP contribution is 2.60. The zero-order valence-corrected chi connectivity index (χ0v) is 15.5. The molecule has 0 saturated carbocycles. The Kier molecular flexibility index (Phi) is 3.35. The number of aliphatic hydroxyl groups is 1. The van der Waals surface area contributed by atoms with E-state index in [0.717, 1.165) is 50.0 Å². The summed E-state index contributed by atoms with van der Waals surface area (Å²) in [7, 11) is 1.37. The Morgan fingerprint density at radius 3 is 2.92 bits per heavy atom. The number of esters is 1. The molecule has 1 aromatic heterocycles. The molecule has 0 radical (unpaired) electrons. The molecule has 0 bridgehead atoms. The normalized spacial score (nSPS) is 33.1. The lowest BCUT2D eigenvalue weighted by molar-refractivity contribution is -0.194. The summed E-state index contributed by atoms with van der Waals surface area (Å²) in [4.78, 5) is 15.4. The summed E-state index contributed by atoms with van der Waals surface area (Å²) in [6.07, 6.45) is 4.52. The van der Waals surface area contributed by atoms with Crippen molar-refractivity contribution < 1.29 is 14.6 Å². The Balaban J connectivity index is 1.89. The summed E-state index contributed by atoms with van der Waals surface area (Å²) in [6.45, 7) is 4.36. The van der Waals surface area contributed by atoms with Crippen LogP contribution in [0.2, 0.25) is 0 Å². The highest BCUT2D eigenvalue weighted by atomic mass is 16.5. The van der Waals surface area contributed by atoms with Crippen molar-refractivity contribution >= 4 is 16.9 Å². The van der Waals surface area contributed by atoms with Crippen LogP contribution < -0.4 is 0 Å². The molecule has 0 amide bonds. The molecule has 5 nitrogen and oxygen atoms in total. The van der Waals surface area contributed by atoms with Gasteiger partial charge in [-0.25, -0.2) is 4.79 Å². The van der Waals surface area contributed by atoms with Crippen LogP contribution in [-0.2, 0) is 21.7 Å². The van der Waals surface area contributed by atoms with Crippen LogP contribution in [0.5, 0.6) is 0 Å². The van der Waals surface area contributed by atoms with Gasteiger partial charge in [0.1, 0.15) is 0 Å². The van der Waals surface area contributed by atoms with Gasteiger partial charge in [0.25, 0.3) is 0 Å². The Morgan fingerprint density at radius 2 is 2.15 bits per heavy atom. The van der Waals surface area contributed by atoms with Crippen LogP contribution in [0.3, 0.4) is 0 Å². The molecule has 3 atom stereocenters. The molecule has 138 valence electrons. The van der Waals surface area contributed by atoms with E-state index in [4.69, 9.17) is 4.74 Å². The molecule has 1 saturated heterocycles. The first-order valence-corrected chi connectivity index (χ1v) is 9.73. The fourth-order valence-corrected chi connectivity index (χ4v) is 6.10. The molecule has 5 heteroatoms.